The lowest BCUT2D eigenvalue weighted by molar-refractivity contribution is -0.138. The smallest absolute Gasteiger partial charge is 0.337 e. The minimum absolute atomic E-state index is 0.233. The maximum Gasteiger partial charge on any atom is 0.337 e. The summed E-state index contributed by atoms with van der Waals surface area (Å²) in [5.41, 5.74) is 1.14. The van der Waals surface area contributed by atoms with Crippen molar-refractivity contribution in [2.24, 2.45) is 0 Å². The predicted molar refractivity (Wildman–Crippen MR) is 64.0 cm³/mol. The quantitative estimate of drug-likeness (QED) is 0.484. The Hall–Kier alpha value is -1.97. The lowest BCUT2D eigenvalue weighted by atomic mass is 10.1. The highest BCUT2D eigenvalue weighted by Gasteiger charge is 2.11. The first-order chi connectivity index (χ1) is 8.21. The van der Waals surface area contributed by atoms with Gasteiger partial charge in [-0.3, -0.25) is 0 Å². The van der Waals surface area contributed by atoms with E-state index in [2.05, 4.69) is 0 Å². The first-order valence-electron chi connectivity index (χ1n) is 5.34. The summed E-state index contributed by atoms with van der Waals surface area (Å²) in [5, 5.41) is 9.00. The topological polar surface area (TPSA) is 55.8 Å². The SMILES string of the molecule is CCOC(=O)/C(=C/O)Cc1ccc(OC)cc1. The average molecular weight is 236 g/mol. The average Bonchev–Trinajstić information content (AvgIpc) is 2.37. The van der Waals surface area contributed by atoms with Crippen LogP contribution in [0.2, 0.25) is 0 Å². The monoisotopic (exact) mass is 236 g/mol. The molecule has 0 fully saturated rings. The fraction of sp³-hybridized carbons (Fsp3) is 0.308. The minimum Gasteiger partial charge on any atom is -0.515 e. The largest absolute Gasteiger partial charge is 0.515 e. The molecule has 4 heteroatoms. The van der Waals surface area contributed by atoms with Crippen molar-refractivity contribution in [1.82, 2.24) is 0 Å². The van der Waals surface area contributed by atoms with Crippen molar-refractivity contribution in [2.75, 3.05) is 13.7 Å². The van der Waals surface area contributed by atoms with Crippen LogP contribution in [0.5, 0.6) is 5.75 Å². The lowest BCUT2D eigenvalue weighted by Crippen LogP contribution is -2.10. The Kier molecular flexibility index (Phi) is 5.07. The second-order valence-electron chi connectivity index (χ2n) is 3.40. The second-order valence-corrected chi connectivity index (χ2v) is 3.40. The van der Waals surface area contributed by atoms with E-state index in [-0.39, 0.29) is 5.57 Å². The van der Waals surface area contributed by atoms with Crippen molar-refractivity contribution in [3.8, 4) is 5.75 Å². The van der Waals surface area contributed by atoms with E-state index in [9.17, 15) is 4.79 Å². The number of benzene rings is 1. The number of aliphatic hydroxyl groups is 1. The number of esters is 1. The number of rotatable bonds is 5. The van der Waals surface area contributed by atoms with Gasteiger partial charge in [-0.25, -0.2) is 4.79 Å². The molecule has 17 heavy (non-hydrogen) atoms. The third-order valence-electron chi connectivity index (χ3n) is 2.25. The van der Waals surface area contributed by atoms with Crippen LogP contribution in [-0.4, -0.2) is 24.8 Å². The Morgan fingerprint density at radius 3 is 2.47 bits per heavy atom. The summed E-state index contributed by atoms with van der Waals surface area (Å²) < 4.78 is 9.85. The molecule has 4 nitrogen and oxygen atoms in total. The second kappa shape index (κ2) is 6.58. The van der Waals surface area contributed by atoms with Gasteiger partial charge in [0.25, 0.3) is 0 Å². The molecule has 0 aliphatic rings. The van der Waals surface area contributed by atoms with Crippen molar-refractivity contribution >= 4 is 5.97 Å². The van der Waals surface area contributed by atoms with Gasteiger partial charge < -0.3 is 14.6 Å². The fourth-order valence-corrected chi connectivity index (χ4v) is 1.36. The van der Waals surface area contributed by atoms with Gasteiger partial charge in [-0.2, -0.15) is 0 Å². The molecule has 1 aromatic rings. The van der Waals surface area contributed by atoms with E-state index in [1.807, 2.05) is 12.1 Å². The van der Waals surface area contributed by atoms with E-state index < -0.39 is 5.97 Å². The highest BCUT2D eigenvalue weighted by atomic mass is 16.5. The highest BCUT2D eigenvalue weighted by molar-refractivity contribution is 5.88. The molecule has 0 aliphatic carbocycles. The first kappa shape index (κ1) is 13.1. The summed E-state index contributed by atoms with van der Waals surface area (Å²) in [6, 6.07) is 7.27. The molecule has 0 spiro atoms. The summed E-state index contributed by atoms with van der Waals surface area (Å²) in [6.45, 7) is 2.01. The van der Waals surface area contributed by atoms with Crippen LogP contribution < -0.4 is 4.74 Å². The molecule has 0 saturated carbocycles. The molecule has 0 heterocycles. The van der Waals surface area contributed by atoms with Gasteiger partial charge in [0.2, 0.25) is 0 Å². The summed E-state index contributed by atoms with van der Waals surface area (Å²) in [6.07, 6.45) is 1.13. The Balaban J connectivity index is 2.71. The molecule has 1 N–H and O–H groups in total. The zero-order valence-electron chi connectivity index (χ0n) is 9.97. The van der Waals surface area contributed by atoms with Crippen LogP contribution in [0.25, 0.3) is 0 Å². The van der Waals surface area contributed by atoms with Crippen LogP contribution in [-0.2, 0) is 16.0 Å². The molecule has 1 aromatic carbocycles. The van der Waals surface area contributed by atoms with E-state index in [1.165, 1.54) is 0 Å². The third kappa shape index (κ3) is 3.83. The molecule has 0 saturated heterocycles. The fourth-order valence-electron chi connectivity index (χ4n) is 1.36. The number of carbonyl (C=O) groups is 1. The molecule has 0 unspecified atom stereocenters. The number of carbonyl (C=O) groups excluding carboxylic acids is 1. The van der Waals surface area contributed by atoms with E-state index in [4.69, 9.17) is 14.6 Å². The number of aliphatic hydroxyl groups excluding tert-OH is 1. The van der Waals surface area contributed by atoms with Crippen LogP contribution >= 0.6 is 0 Å². The number of methoxy groups -OCH3 is 1. The van der Waals surface area contributed by atoms with Crippen molar-refractivity contribution in [3.05, 3.63) is 41.7 Å². The van der Waals surface area contributed by atoms with Crippen molar-refractivity contribution in [1.29, 1.82) is 0 Å². The van der Waals surface area contributed by atoms with Crippen LogP contribution in [0.3, 0.4) is 0 Å². The van der Waals surface area contributed by atoms with Gasteiger partial charge in [-0.05, 0) is 24.6 Å². The maximum absolute atomic E-state index is 11.4. The van der Waals surface area contributed by atoms with Crippen LogP contribution in [0.1, 0.15) is 12.5 Å². The summed E-state index contributed by atoms with van der Waals surface area (Å²) in [5.74, 6) is 0.255. The van der Waals surface area contributed by atoms with E-state index in [0.29, 0.717) is 13.0 Å². The predicted octanol–water partition coefficient (Wildman–Crippen LogP) is 2.24. The van der Waals surface area contributed by atoms with Gasteiger partial charge in [0.05, 0.1) is 25.6 Å². The Morgan fingerprint density at radius 2 is 2.00 bits per heavy atom. The molecule has 0 bridgehead atoms. The van der Waals surface area contributed by atoms with E-state index >= 15 is 0 Å². The van der Waals surface area contributed by atoms with Gasteiger partial charge in [-0.1, -0.05) is 12.1 Å². The maximum atomic E-state index is 11.4. The van der Waals surface area contributed by atoms with Gasteiger partial charge in [-0.15, -0.1) is 0 Å². The van der Waals surface area contributed by atoms with Crippen LogP contribution in [0.4, 0.5) is 0 Å². The number of hydrogen-bond donors (Lipinski definition) is 1. The molecular formula is C13H16O4. The number of ether oxygens (including phenoxy) is 2. The zero-order chi connectivity index (χ0) is 12.7. The summed E-state index contributed by atoms with van der Waals surface area (Å²) >= 11 is 0. The highest BCUT2D eigenvalue weighted by Crippen LogP contribution is 2.14. The van der Waals surface area contributed by atoms with Crippen molar-refractivity contribution < 1.29 is 19.4 Å². The molecule has 1 rings (SSSR count). The molecule has 0 aliphatic heterocycles. The summed E-state index contributed by atoms with van der Waals surface area (Å²) in [7, 11) is 1.59. The molecule has 92 valence electrons. The minimum atomic E-state index is -0.495. The van der Waals surface area contributed by atoms with Crippen LogP contribution in [0, 0.1) is 0 Å². The van der Waals surface area contributed by atoms with E-state index in [1.54, 1.807) is 26.2 Å². The standard InChI is InChI=1S/C13H16O4/c1-3-17-13(15)11(9-14)8-10-4-6-12(16-2)7-5-10/h4-7,9,14H,3,8H2,1-2H3/b11-9+. The van der Waals surface area contributed by atoms with Crippen molar-refractivity contribution in [3.63, 3.8) is 0 Å². The van der Waals surface area contributed by atoms with Crippen LogP contribution in [0.15, 0.2) is 36.1 Å². The molecule has 0 atom stereocenters. The Labute approximate surface area is 100 Å². The molecule has 0 amide bonds. The lowest BCUT2D eigenvalue weighted by Gasteiger charge is -2.06. The van der Waals surface area contributed by atoms with Gasteiger partial charge in [0.1, 0.15) is 5.75 Å². The molecule has 0 radical (unpaired) electrons. The number of hydrogen-bond acceptors (Lipinski definition) is 4. The summed E-state index contributed by atoms with van der Waals surface area (Å²) in [4.78, 5) is 11.4. The Morgan fingerprint density at radius 1 is 1.35 bits per heavy atom. The molecule has 0 aromatic heterocycles. The first-order valence-corrected chi connectivity index (χ1v) is 5.34. The molecular weight excluding hydrogens is 220 g/mol. The third-order valence-corrected chi connectivity index (χ3v) is 2.25. The zero-order valence-corrected chi connectivity index (χ0v) is 9.97. The van der Waals surface area contributed by atoms with Gasteiger partial charge in [0.15, 0.2) is 0 Å². The van der Waals surface area contributed by atoms with Crippen molar-refractivity contribution in [2.45, 2.75) is 13.3 Å². The normalized spacial score (nSPS) is 11.1. The van der Waals surface area contributed by atoms with Gasteiger partial charge >= 0.3 is 5.97 Å². The van der Waals surface area contributed by atoms with Gasteiger partial charge in [0, 0.05) is 6.42 Å². The Bertz CT molecular complexity index is 392. The van der Waals surface area contributed by atoms with E-state index in [0.717, 1.165) is 17.6 Å².